The smallest absolute Gasteiger partial charge is 0.331 e. The molecule has 22 heavy (non-hydrogen) atoms. The molecule has 0 aliphatic heterocycles. The van der Waals surface area contributed by atoms with Crippen molar-refractivity contribution >= 4 is 24.0 Å². The molecule has 0 saturated heterocycles. The van der Waals surface area contributed by atoms with Gasteiger partial charge in [-0.05, 0) is 45.9 Å². The summed E-state index contributed by atoms with van der Waals surface area (Å²) in [5.74, 6) is -0.196. The van der Waals surface area contributed by atoms with Crippen LogP contribution in [0.25, 0.3) is 6.08 Å². The van der Waals surface area contributed by atoms with E-state index in [1.807, 2.05) is 0 Å². The minimum absolute atomic E-state index is 0.467. The Morgan fingerprint density at radius 1 is 1.27 bits per heavy atom. The minimum atomic E-state index is -0.711. The summed E-state index contributed by atoms with van der Waals surface area (Å²) in [6, 6.07) is 2.81. The number of nitrogens with one attached hydrogen (secondary N) is 2. The number of urea groups is 1. The Hall–Kier alpha value is -2.57. The van der Waals surface area contributed by atoms with E-state index >= 15 is 0 Å². The maximum Gasteiger partial charge on any atom is 0.331 e. The molecule has 0 aliphatic carbocycles. The summed E-state index contributed by atoms with van der Waals surface area (Å²) >= 11 is 0. The maximum atomic E-state index is 11.4. The standard InChI is InChI=1S/C15H20N2O5/c1-10-5-6-11(22-10)7-8-13(19)21-9-12(18)16-14(20)17-15(2,3)4/h5-8H,9H2,1-4H3,(H2,16,17,18,20). The van der Waals surface area contributed by atoms with Crippen LogP contribution in [-0.2, 0) is 14.3 Å². The van der Waals surface area contributed by atoms with Crippen molar-refractivity contribution in [2.75, 3.05) is 6.61 Å². The molecular weight excluding hydrogens is 288 g/mol. The Labute approximate surface area is 128 Å². The SMILES string of the molecule is Cc1ccc(C=CC(=O)OCC(=O)NC(=O)NC(C)(C)C)o1. The normalized spacial score (nSPS) is 11.3. The van der Waals surface area contributed by atoms with Gasteiger partial charge in [0, 0.05) is 11.6 Å². The second kappa shape index (κ2) is 7.44. The van der Waals surface area contributed by atoms with Crippen LogP contribution in [0.1, 0.15) is 32.3 Å². The topological polar surface area (TPSA) is 97.6 Å². The van der Waals surface area contributed by atoms with Crippen molar-refractivity contribution in [3.63, 3.8) is 0 Å². The summed E-state index contributed by atoms with van der Waals surface area (Å²) in [6.45, 7) is 6.56. The van der Waals surface area contributed by atoms with Gasteiger partial charge in [-0.1, -0.05) is 0 Å². The molecule has 0 unspecified atom stereocenters. The first-order chi connectivity index (χ1) is 10.2. The highest BCUT2D eigenvalue weighted by atomic mass is 16.5. The fourth-order valence-electron chi connectivity index (χ4n) is 1.41. The van der Waals surface area contributed by atoms with Gasteiger partial charge >= 0.3 is 12.0 Å². The molecule has 120 valence electrons. The number of amides is 3. The van der Waals surface area contributed by atoms with E-state index in [1.165, 1.54) is 6.08 Å². The average molecular weight is 308 g/mol. The maximum absolute atomic E-state index is 11.4. The van der Waals surface area contributed by atoms with Gasteiger partial charge in [0.1, 0.15) is 11.5 Å². The van der Waals surface area contributed by atoms with Crippen molar-refractivity contribution in [2.45, 2.75) is 33.2 Å². The monoisotopic (exact) mass is 308 g/mol. The van der Waals surface area contributed by atoms with Crippen molar-refractivity contribution in [2.24, 2.45) is 0 Å². The lowest BCUT2D eigenvalue weighted by molar-refractivity contribution is -0.143. The molecule has 0 aromatic carbocycles. The van der Waals surface area contributed by atoms with Crippen LogP contribution < -0.4 is 10.6 Å². The first kappa shape index (κ1) is 17.5. The highest BCUT2D eigenvalue weighted by molar-refractivity contribution is 5.96. The molecule has 0 bridgehead atoms. The van der Waals surface area contributed by atoms with Crippen molar-refractivity contribution in [3.05, 3.63) is 29.7 Å². The van der Waals surface area contributed by atoms with Gasteiger partial charge in [0.25, 0.3) is 5.91 Å². The van der Waals surface area contributed by atoms with Crippen LogP contribution in [-0.4, -0.2) is 30.1 Å². The van der Waals surface area contributed by atoms with Gasteiger partial charge in [-0.15, -0.1) is 0 Å². The number of furan rings is 1. The Bertz CT molecular complexity index is 581. The van der Waals surface area contributed by atoms with Gasteiger partial charge in [-0.3, -0.25) is 10.1 Å². The van der Waals surface area contributed by atoms with Gasteiger partial charge in [-0.25, -0.2) is 9.59 Å². The van der Waals surface area contributed by atoms with E-state index < -0.39 is 30.1 Å². The van der Waals surface area contributed by atoms with Crippen LogP contribution in [0.5, 0.6) is 0 Å². The minimum Gasteiger partial charge on any atom is -0.462 e. The molecule has 0 aliphatic rings. The van der Waals surface area contributed by atoms with E-state index in [9.17, 15) is 14.4 Å². The van der Waals surface area contributed by atoms with E-state index in [4.69, 9.17) is 9.15 Å². The molecule has 3 amide bonds. The fourth-order valence-corrected chi connectivity index (χ4v) is 1.41. The Morgan fingerprint density at radius 3 is 2.50 bits per heavy atom. The summed E-state index contributed by atoms with van der Waals surface area (Å²) in [5.41, 5.74) is -0.467. The predicted molar refractivity (Wildman–Crippen MR) is 79.9 cm³/mol. The van der Waals surface area contributed by atoms with E-state index in [0.717, 1.165) is 11.8 Å². The Kier molecular flexibility index (Phi) is 5.91. The second-order valence-corrected chi connectivity index (χ2v) is 5.64. The average Bonchev–Trinajstić information content (AvgIpc) is 2.77. The molecule has 7 heteroatoms. The number of hydrogen-bond donors (Lipinski definition) is 2. The number of aryl methyl sites for hydroxylation is 1. The predicted octanol–water partition coefficient (Wildman–Crippen LogP) is 1.77. The number of hydrogen-bond acceptors (Lipinski definition) is 5. The molecule has 2 N–H and O–H groups in total. The van der Waals surface area contributed by atoms with Gasteiger partial charge in [0.2, 0.25) is 0 Å². The summed E-state index contributed by atoms with van der Waals surface area (Å²) in [4.78, 5) is 34.3. The number of carbonyl (C=O) groups excluding carboxylic acids is 3. The largest absolute Gasteiger partial charge is 0.462 e. The highest BCUT2D eigenvalue weighted by Gasteiger charge is 2.16. The van der Waals surface area contributed by atoms with Gasteiger partial charge in [0.05, 0.1) is 0 Å². The molecule has 0 spiro atoms. The highest BCUT2D eigenvalue weighted by Crippen LogP contribution is 2.07. The van der Waals surface area contributed by atoms with Gasteiger partial charge < -0.3 is 14.5 Å². The van der Waals surface area contributed by atoms with Gasteiger partial charge in [0.15, 0.2) is 6.61 Å². The van der Waals surface area contributed by atoms with Crippen molar-refractivity contribution in [1.82, 2.24) is 10.6 Å². The molecule has 1 rings (SSSR count). The third kappa shape index (κ3) is 7.28. The molecule has 0 fully saturated rings. The number of ether oxygens (including phenoxy) is 1. The van der Waals surface area contributed by atoms with Crippen LogP contribution in [0.4, 0.5) is 4.79 Å². The summed E-state index contributed by atoms with van der Waals surface area (Å²) in [6.07, 6.45) is 2.57. The van der Waals surface area contributed by atoms with Crippen molar-refractivity contribution in [1.29, 1.82) is 0 Å². The lowest BCUT2D eigenvalue weighted by atomic mass is 10.1. The number of carbonyl (C=O) groups is 3. The lowest BCUT2D eigenvalue weighted by Gasteiger charge is -2.20. The van der Waals surface area contributed by atoms with Crippen molar-refractivity contribution < 1.29 is 23.5 Å². The van der Waals surface area contributed by atoms with Crippen LogP contribution in [0.2, 0.25) is 0 Å². The molecule has 1 aromatic heterocycles. The molecule has 0 saturated carbocycles. The van der Waals surface area contributed by atoms with Crippen LogP contribution in [0, 0.1) is 6.92 Å². The Balaban J connectivity index is 2.33. The quantitative estimate of drug-likeness (QED) is 0.652. The summed E-state index contributed by atoms with van der Waals surface area (Å²) in [5, 5.41) is 4.61. The first-order valence-electron chi connectivity index (χ1n) is 6.69. The molecule has 0 atom stereocenters. The molecular formula is C15H20N2O5. The summed E-state index contributed by atoms with van der Waals surface area (Å²) < 4.78 is 9.94. The zero-order chi connectivity index (χ0) is 16.8. The fraction of sp³-hybridized carbons (Fsp3) is 0.400. The third-order valence-corrected chi connectivity index (χ3v) is 2.23. The molecule has 7 nitrogen and oxygen atoms in total. The van der Waals surface area contributed by atoms with Crippen LogP contribution in [0.15, 0.2) is 22.6 Å². The molecule has 1 heterocycles. The van der Waals surface area contributed by atoms with E-state index in [0.29, 0.717) is 5.76 Å². The van der Waals surface area contributed by atoms with Crippen LogP contribution >= 0.6 is 0 Å². The van der Waals surface area contributed by atoms with E-state index in [-0.39, 0.29) is 0 Å². The number of esters is 1. The van der Waals surface area contributed by atoms with E-state index in [2.05, 4.69) is 10.6 Å². The summed E-state index contributed by atoms with van der Waals surface area (Å²) in [7, 11) is 0. The van der Waals surface area contributed by atoms with Gasteiger partial charge in [-0.2, -0.15) is 0 Å². The zero-order valence-corrected chi connectivity index (χ0v) is 13.1. The molecule has 0 radical (unpaired) electrons. The number of imide groups is 1. The third-order valence-electron chi connectivity index (χ3n) is 2.23. The lowest BCUT2D eigenvalue weighted by Crippen LogP contribution is -2.49. The first-order valence-corrected chi connectivity index (χ1v) is 6.69. The second-order valence-electron chi connectivity index (χ2n) is 5.64. The Morgan fingerprint density at radius 2 is 1.95 bits per heavy atom. The van der Waals surface area contributed by atoms with E-state index in [1.54, 1.807) is 39.8 Å². The number of rotatable bonds is 4. The van der Waals surface area contributed by atoms with Crippen molar-refractivity contribution in [3.8, 4) is 0 Å². The van der Waals surface area contributed by atoms with Crippen LogP contribution in [0.3, 0.4) is 0 Å². The zero-order valence-electron chi connectivity index (χ0n) is 13.1. The molecule has 1 aromatic rings.